The minimum absolute atomic E-state index is 0.302. The van der Waals surface area contributed by atoms with E-state index in [1.54, 1.807) is 13.8 Å². The van der Waals surface area contributed by atoms with Gasteiger partial charge in [0.05, 0.1) is 6.61 Å². The lowest BCUT2D eigenvalue weighted by Gasteiger charge is -2.23. The molecule has 0 aromatic heterocycles. The first-order valence-corrected chi connectivity index (χ1v) is 4.87. The molecule has 1 fully saturated rings. The number of cyclic esters (lactones) is 1. The van der Waals surface area contributed by atoms with E-state index in [1.807, 2.05) is 0 Å². The molecule has 0 bridgehead atoms. The van der Waals surface area contributed by atoms with Gasteiger partial charge in [0.1, 0.15) is 18.3 Å². The van der Waals surface area contributed by atoms with E-state index in [-0.39, 0.29) is 0 Å². The van der Waals surface area contributed by atoms with Crippen LogP contribution in [0.1, 0.15) is 13.8 Å². The third-order valence-electron chi connectivity index (χ3n) is 2.42. The molecule has 2 aliphatic heterocycles. The second kappa shape index (κ2) is 3.59. The summed E-state index contributed by atoms with van der Waals surface area (Å²) in [7, 11) is 0. The van der Waals surface area contributed by atoms with E-state index in [1.165, 1.54) is 12.2 Å². The lowest BCUT2D eigenvalue weighted by molar-refractivity contribution is -0.164. The second-order valence-electron chi connectivity index (χ2n) is 4.12. The van der Waals surface area contributed by atoms with Crippen LogP contribution in [0.2, 0.25) is 0 Å². The van der Waals surface area contributed by atoms with Crippen LogP contribution in [0.3, 0.4) is 0 Å². The van der Waals surface area contributed by atoms with Crippen molar-refractivity contribution in [3.63, 3.8) is 0 Å². The smallest absolute Gasteiger partial charge is 0.331 e. The Morgan fingerprint density at radius 3 is 2.80 bits per heavy atom. The average Bonchev–Trinajstić information content (AvgIpc) is 2.71. The van der Waals surface area contributed by atoms with Gasteiger partial charge in [0.15, 0.2) is 5.79 Å². The molecule has 5 heteroatoms. The molecule has 2 aliphatic rings. The van der Waals surface area contributed by atoms with Gasteiger partial charge in [-0.1, -0.05) is 0 Å². The van der Waals surface area contributed by atoms with Gasteiger partial charge in [-0.2, -0.15) is 0 Å². The molecular formula is C10H14O5. The minimum Gasteiger partial charge on any atom is -0.452 e. The highest BCUT2D eigenvalue weighted by Crippen LogP contribution is 2.26. The predicted molar refractivity (Wildman–Crippen MR) is 49.9 cm³/mol. The molecule has 15 heavy (non-hydrogen) atoms. The monoisotopic (exact) mass is 214 g/mol. The third-order valence-corrected chi connectivity index (χ3v) is 2.42. The summed E-state index contributed by atoms with van der Waals surface area (Å²) in [5.74, 6) is -1.12. The van der Waals surface area contributed by atoms with Gasteiger partial charge in [-0.3, -0.25) is 0 Å². The zero-order valence-corrected chi connectivity index (χ0v) is 8.67. The Bertz CT molecular complexity index is 296. The fraction of sp³-hybridized carbons (Fsp3) is 0.700. The fourth-order valence-electron chi connectivity index (χ4n) is 1.66. The van der Waals surface area contributed by atoms with Crippen LogP contribution in [0, 0.1) is 0 Å². The molecule has 0 amide bonds. The molecule has 2 rings (SSSR count). The number of esters is 1. The number of carbonyl (C=O) groups excluding carboxylic acids is 1. The van der Waals surface area contributed by atoms with Gasteiger partial charge in [-0.25, -0.2) is 4.79 Å². The highest BCUT2D eigenvalue weighted by atomic mass is 16.7. The van der Waals surface area contributed by atoms with Crippen LogP contribution in [0.15, 0.2) is 12.2 Å². The number of hydrogen-bond donors (Lipinski definition) is 1. The predicted octanol–water partition coefficient (Wildman–Crippen LogP) is -0.0196. The van der Waals surface area contributed by atoms with Crippen molar-refractivity contribution in [2.75, 3.05) is 6.61 Å². The van der Waals surface area contributed by atoms with Crippen molar-refractivity contribution in [2.45, 2.75) is 37.9 Å². The summed E-state index contributed by atoms with van der Waals surface area (Å²) in [6.45, 7) is 3.85. The molecule has 0 aromatic rings. The van der Waals surface area contributed by atoms with Crippen LogP contribution in [0.4, 0.5) is 0 Å². The maximum absolute atomic E-state index is 10.8. The average molecular weight is 214 g/mol. The Kier molecular flexibility index (Phi) is 2.54. The number of aliphatic hydroxyl groups excluding tert-OH is 1. The van der Waals surface area contributed by atoms with E-state index in [9.17, 15) is 9.90 Å². The van der Waals surface area contributed by atoms with Gasteiger partial charge in [0, 0.05) is 6.08 Å². The van der Waals surface area contributed by atoms with Gasteiger partial charge >= 0.3 is 5.97 Å². The van der Waals surface area contributed by atoms with Crippen LogP contribution in [0.25, 0.3) is 0 Å². The summed E-state index contributed by atoms with van der Waals surface area (Å²) < 4.78 is 15.6. The molecule has 84 valence electrons. The second-order valence-corrected chi connectivity index (χ2v) is 4.12. The van der Waals surface area contributed by atoms with Gasteiger partial charge in [-0.15, -0.1) is 0 Å². The van der Waals surface area contributed by atoms with Crippen LogP contribution in [0.5, 0.6) is 0 Å². The summed E-state index contributed by atoms with van der Waals surface area (Å²) in [5, 5.41) is 9.87. The number of carbonyl (C=O) groups is 1. The summed E-state index contributed by atoms with van der Waals surface area (Å²) in [6, 6.07) is 0. The van der Waals surface area contributed by atoms with Crippen LogP contribution >= 0.6 is 0 Å². The fourth-order valence-corrected chi connectivity index (χ4v) is 1.66. The molecule has 2 heterocycles. The maximum Gasteiger partial charge on any atom is 0.331 e. The quantitative estimate of drug-likeness (QED) is 0.654. The van der Waals surface area contributed by atoms with E-state index in [0.29, 0.717) is 6.61 Å². The number of rotatable bonds is 2. The van der Waals surface area contributed by atoms with Gasteiger partial charge in [-0.05, 0) is 19.9 Å². The van der Waals surface area contributed by atoms with Gasteiger partial charge in [0.25, 0.3) is 0 Å². The van der Waals surface area contributed by atoms with Crippen molar-refractivity contribution in [1.29, 1.82) is 0 Å². The zero-order chi connectivity index (χ0) is 11.1. The summed E-state index contributed by atoms with van der Waals surface area (Å²) in [5.41, 5.74) is 0. The molecule has 0 aromatic carbocycles. The molecule has 0 unspecified atom stereocenters. The van der Waals surface area contributed by atoms with E-state index in [2.05, 4.69) is 0 Å². The number of ether oxygens (including phenoxy) is 3. The van der Waals surface area contributed by atoms with Crippen molar-refractivity contribution in [3.05, 3.63) is 12.2 Å². The molecular weight excluding hydrogens is 200 g/mol. The highest BCUT2D eigenvalue weighted by Gasteiger charge is 2.41. The van der Waals surface area contributed by atoms with Crippen molar-refractivity contribution < 1.29 is 24.1 Å². The third kappa shape index (κ3) is 2.19. The van der Waals surface area contributed by atoms with Crippen molar-refractivity contribution >= 4 is 5.97 Å². The van der Waals surface area contributed by atoms with Gasteiger partial charge in [0.2, 0.25) is 0 Å². The van der Waals surface area contributed by atoms with Crippen LogP contribution in [-0.4, -0.2) is 41.8 Å². The SMILES string of the molecule is CC1(C)OC[C@H]([C@@H](O)[C@H]2C=CC(=O)O2)O1. The summed E-state index contributed by atoms with van der Waals surface area (Å²) in [6.07, 6.45) is 0.867. The van der Waals surface area contributed by atoms with E-state index < -0.39 is 30.1 Å². The van der Waals surface area contributed by atoms with Crippen molar-refractivity contribution in [1.82, 2.24) is 0 Å². The molecule has 0 spiro atoms. The molecule has 0 radical (unpaired) electrons. The Hall–Kier alpha value is -0.910. The van der Waals surface area contributed by atoms with Crippen molar-refractivity contribution in [2.24, 2.45) is 0 Å². The van der Waals surface area contributed by atoms with Gasteiger partial charge < -0.3 is 19.3 Å². The standard InChI is InChI=1S/C10H14O5/c1-10(2)13-5-7(15-10)9(12)6-3-4-8(11)14-6/h3-4,6-7,9,12H,5H2,1-2H3/t6-,7-,9+/m1/s1. The van der Waals surface area contributed by atoms with E-state index >= 15 is 0 Å². The molecule has 1 N–H and O–H groups in total. The highest BCUT2D eigenvalue weighted by molar-refractivity contribution is 5.84. The first kappa shape index (κ1) is 10.6. The van der Waals surface area contributed by atoms with E-state index in [4.69, 9.17) is 14.2 Å². The molecule has 5 nitrogen and oxygen atoms in total. The Morgan fingerprint density at radius 1 is 1.60 bits per heavy atom. The largest absolute Gasteiger partial charge is 0.452 e. The van der Waals surface area contributed by atoms with Crippen LogP contribution in [-0.2, 0) is 19.0 Å². The summed E-state index contributed by atoms with van der Waals surface area (Å²) >= 11 is 0. The Balaban J connectivity index is 1.95. The zero-order valence-electron chi connectivity index (χ0n) is 8.67. The lowest BCUT2D eigenvalue weighted by atomic mass is 10.1. The molecule has 3 atom stereocenters. The molecule has 0 aliphatic carbocycles. The summed E-state index contributed by atoms with van der Waals surface area (Å²) in [4.78, 5) is 10.8. The van der Waals surface area contributed by atoms with Crippen LogP contribution < -0.4 is 0 Å². The first-order chi connectivity index (χ1) is 6.98. The minimum atomic E-state index is -0.880. The number of hydrogen-bond acceptors (Lipinski definition) is 5. The normalized spacial score (nSPS) is 35.5. The molecule has 0 saturated carbocycles. The molecule has 1 saturated heterocycles. The Morgan fingerprint density at radius 2 is 2.33 bits per heavy atom. The maximum atomic E-state index is 10.8. The number of aliphatic hydroxyl groups is 1. The lowest BCUT2D eigenvalue weighted by Crippen LogP contribution is -2.39. The first-order valence-electron chi connectivity index (χ1n) is 4.87. The van der Waals surface area contributed by atoms with E-state index in [0.717, 1.165) is 0 Å². The van der Waals surface area contributed by atoms with Crippen molar-refractivity contribution in [3.8, 4) is 0 Å². The topological polar surface area (TPSA) is 65.0 Å². The Labute approximate surface area is 87.6 Å².